The molecule has 1 aromatic heterocycles. The maximum absolute atomic E-state index is 5.37. The van der Waals surface area contributed by atoms with Crippen molar-refractivity contribution in [3.63, 3.8) is 0 Å². The van der Waals surface area contributed by atoms with Crippen LogP contribution in [-0.2, 0) is 5.41 Å². The van der Waals surface area contributed by atoms with Gasteiger partial charge in [-0.05, 0) is 86.2 Å². The highest BCUT2D eigenvalue weighted by atomic mass is 32.1. The van der Waals surface area contributed by atoms with Gasteiger partial charge in [0, 0.05) is 5.41 Å². The fourth-order valence-corrected chi connectivity index (χ4v) is 6.14. The van der Waals surface area contributed by atoms with E-state index in [9.17, 15) is 0 Å². The van der Waals surface area contributed by atoms with E-state index >= 15 is 0 Å². The fraction of sp³-hybridized carbons (Fsp3) is 0.500. The Morgan fingerprint density at radius 2 is 1.78 bits per heavy atom. The molecule has 0 spiro atoms. The van der Waals surface area contributed by atoms with Crippen molar-refractivity contribution in [2.75, 3.05) is 0 Å². The van der Waals surface area contributed by atoms with Crippen LogP contribution in [0.1, 0.15) is 49.8 Å². The molecule has 4 saturated carbocycles. The van der Waals surface area contributed by atoms with Crippen LogP contribution in [0.3, 0.4) is 0 Å². The molecule has 0 unspecified atom stereocenters. The molecular weight excluding hydrogens is 356 g/mol. The van der Waals surface area contributed by atoms with Crippen LogP contribution >= 0.6 is 12.2 Å². The number of benzene rings is 1. The van der Waals surface area contributed by atoms with Crippen LogP contribution in [0.15, 0.2) is 35.6 Å². The first-order valence-electron chi connectivity index (χ1n) is 9.71. The number of nitrogens with one attached hydrogen (secondary N) is 1. The molecule has 0 saturated heterocycles. The molecule has 27 heavy (non-hydrogen) atoms. The monoisotopic (exact) mass is 380 g/mol. The summed E-state index contributed by atoms with van der Waals surface area (Å²) in [6.07, 6.45) is 11.9. The number of rotatable bonds is 4. The fourth-order valence-electron chi connectivity index (χ4n) is 6.08. The molecular formula is C20H24N6S. The summed E-state index contributed by atoms with van der Waals surface area (Å²) in [7, 11) is 0. The molecule has 0 radical (unpaired) electrons. The summed E-state index contributed by atoms with van der Waals surface area (Å²) in [6, 6.07) is 8.18. The van der Waals surface area contributed by atoms with Gasteiger partial charge in [0.15, 0.2) is 5.11 Å². The number of hydrazone groups is 1. The van der Waals surface area contributed by atoms with E-state index in [1.807, 2.05) is 18.3 Å². The highest BCUT2D eigenvalue weighted by Crippen LogP contribution is 2.60. The third-order valence-corrected chi connectivity index (χ3v) is 6.75. The second kappa shape index (κ2) is 6.41. The Bertz CT molecular complexity index is 849. The van der Waals surface area contributed by atoms with Gasteiger partial charge in [0.05, 0.1) is 23.8 Å². The summed E-state index contributed by atoms with van der Waals surface area (Å²) in [6.45, 7) is 0. The Kier molecular flexibility index (Phi) is 4.00. The summed E-state index contributed by atoms with van der Waals surface area (Å²) in [5.74, 6) is 2.71. The van der Waals surface area contributed by atoms with Crippen LogP contribution in [-0.4, -0.2) is 26.3 Å². The van der Waals surface area contributed by atoms with Gasteiger partial charge in [0.1, 0.15) is 0 Å². The topological polar surface area (TPSA) is 81.1 Å². The Balaban J connectivity index is 1.42. The smallest absolute Gasteiger partial charge is 0.184 e. The van der Waals surface area contributed by atoms with Crippen molar-refractivity contribution >= 4 is 23.5 Å². The standard InChI is InChI=1S/C20H24N6S/c21-19(27)24-22-11-13-1-3-17(4-2-13)26-18(12-23-25-26)20-8-14-5-15(9-20)7-16(6-14)10-20/h1-4,11-12,14-16H,5-10H2,(H3,21,24,27). The number of nitrogens with zero attached hydrogens (tertiary/aromatic N) is 4. The molecule has 6 rings (SSSR count). The third kappa shape index (κ3) is 3.04. The number of nitrogens with two attached hydrogens (primary N) is 1. The van der Waals surface area contributed by atoms with Gasteiger partial charge in [0.2, 0.25) is 0 Å². The van der Waals surface area contributed by atoms with Crippen molar-refractivity contribution in [3.05, 3.63) is 41.7 Å². The highest BCUT2D eigenvalue weighted by molar-refractivity contribution is 7.80. The van der Waals surface area contributed by atoms with Crippen molar-refractivity contribution < 1.29 is 0 Å². The predicted octanol–water partition coefficient (Wildman–Crippen LogP) is 2.90. The molecule has 4 bridgehead atoms. The van der Waals surface area contributed by atoms with Crippen LogP contribution in [0, 0.1) is 17.8 Å². The molecule has 0 atom stereocenters. The van der Waals surface area contributed by atoms with E-state index < -0.39 is 0 Å². The average molecular weight is 381 g/mol. The summed E-state index contributed by atoms with van der Waals surface area (Å²) < 4.78 is 2.06. The predicted molar refractivity (Wildman–Crippen MR) is 109 cm³/mol. The lowest BCUT2D eigenvalue weighted by molar-refractivity contribution is -0.00827. The molecule has 140 valence electrons. The molecule has 4 fully saturated rings. The Morgan fingerprint density at radius 3 is 2.37 bits per heavy atom. The maximum Gasteiger partial charge on any atom is 0.184 e. The Hall–Kier alpha value is -2.28. The molecule has 7 heteroatoms. The van der Waals surface area contributed by atoms with Gasteiger partial charge in [-0.15, -0.1) is 5.10 Å². The van der Waals surface area contributed by atoms with Gasteiger partial charge in [-0.25, -0.2) is 4.68 Å². The van der Waals surface area contributed by atoms with E-state index in [0.29, 0.717) is 0 Å². The lowest BCUT2D eigenvalue weighted by Gasteiger charge is -2.56. The van der Waals surface area contributed by atoms with Gasteiger partial charge < -0.3 is 5.73 Å². The van der Waals surface area contributed by atoms with Crippen LogP contribution < -0.4 is 11.2 Å². The zero-order chi connectivity index (χ0) is 18.4. The molecule has 3 N–H and O–H groups in total. The van der Waals surface area contributed by atoms with E-state index in [1.54, 1.807) is 6.21 Å². The second-order valence-electron chi connectivity index (χ2n) is 8.55. The van der Waals surface area contributed by atoms with Crippen LogP contribution in [0.5, 0.6) is 0 Å². The minimum Gasteiger partial charge on any atom is -0.375 e. The van der Waals surface area contributed by atoms with Crippen molar-refractivity contribution in [2.45, 2.75) is 43.9 Å². The molecule has 0 aliphatic heterocycles. The molecule has 1 aromatic carbocycles. The summed E-state index contributed by atoms with van der Waals surface area (Å²) >= 11 is 4.74. The third-order valence-electron chi connectivity index (χ3n) is 6.66. The number of hydrogen-bond donors (Lipinski definition) is 2. The summed E-state index contributed by atoms with van der Waals surface area (Å²) in [5, 5.41) is 12.9. The highest BCUT2D eigenvalue weighted by Gasteiger charge is 2.53. The minimum absolute atomic E-state index is 0.158. The molecule has 4 aliphatic carbocycles. The van der Waals surface area contributed by atoms with Crippen LogP contribution in [0.2, 0.25) is 0 Å². The zero-order valence-electron chi connectivity index (χ0n) is 15.2. The molecule has 4 aliphatic rings. The van der Waals surface area contributed by atoms with Gasteiger partial charge in [0.25, 0.3) is 0 Å². The van der Waals surface area contributed by atoms with E-state index in [2.05, 4.69) is 37.7 Å². The van der Waals surface area contributed by atoms with Gasteiger partial charge in [-0.2, -0.15) is 5.10 Å². The number of aromatic nitrogens is 3. The van der Waals surface area contributed by atoms with Crippen LogP contribution in [0.25, 0.3) is 5.69 Å². The van der Waals surface area contributed by atoms with Crippen molar-refractivity contribution in [3.8, 4) is 5.69 Å². The van der Waals surface area contributed by atoms with E-state index in [4.69, 9.17) is 18.0 Å². The molecule has 6 nitrogen and oxygen atoms in total. The number of thiocarbonyl (C=S) groups is 1. The Morgan fingerprint density at radius 1 is 1.15 bits per heavy atom. The molecule has 2 aromatic rings. The number of hydrogen-bond acceptors (Lipinski definition) is 4. The normalized spacial score (nSPS) is 31.5. The minimum atomic E-state index is 0.158. The van der Waals surface area contributed by atoms with Crippen molar-refractivity contribution in [2.24, 2.45) is 28.6 Å². The van der Waals surface area contributed by atoms with E-state index in [1.165, 1.54) is 44.2 Å². The quantitative estimate of drug-likeness (QED) is 0.484. The molecule has 0 amide bonds. The lowest BCUT2D eigenvalue weighted by atomic mass is 9.49. The lowest BCUT2D eigenvalue weighted by Crippen LogP contribution is -2.49. The first-order chi connectivity index (χ1) is 13.1. The van der Waals surface area contributed by atoms with E-state index in [0.717, 1.165) is 29.0 Å². The SMILES string of the molecule is NC(=S)NN=Cc1ccc(-n2nncc2C23CC4CC(CC(C4)C2)C3)cc1. The van der Waals surface area contributed by atoms with Crippen molar-refractivity contribution in [1.29, 1.82) is 0 Å². The van der Waals surface area contributed by atoms with Gasteiger partial charge in [-0.3, -0.25) is 5.43 Å². The van der Waals surface area contributed by atoms with Gasteiger partial charge in [-0.1, -0.05) is 17.3 Å². The van der Waals surface area contributed by atoms with Crippen LogP contribution in [0.4, 0.5) is 0 Å². The summed E-state index contributed by atoms with van der Waals surface area (Å²) in [5.41, 5.74) is 11.5. The maximum atomic E-state index is 5.37. The largest absolute Gasteiger partial charge is 0.375 e. The zero-order valence-corrected chi connectivity index (χ0v) is 16.0. The second-order valence-corrected chi connectivity index (χ2v) is 8.99. The van der Waals surface area contributed by atoms with Gasteiger partial charge >= 0.3 is 0 Å². The van der Waals surface area contributed by atoms with Crippen molar-refractivity contribution in [1.82, 2.24) is 20.4 Å². The van der Waals surface area contributed by atoms with E-state index in [-0.39, 0.29) is 10.5 Å². The average Bonchev–Trinajstić information content (AvgIpc) is 3.11. The molecule has 1 heterocycles. The first kappa shape index (κ1) is 16.9. The first-order valence-corrected chi connectivity index (χ1v) is 10.1. The Labute approximate surface area is 164 Å². The summed E-state index contributed by atoms with van der Waals surface area (Å²) in [4.78, 5) is 0.